The summed E-state index contributed by atoms with van der Waals surface area (Å²) in [5.41, 5.74) is 6.84. The van der Waals surface area contributed by atoms with Crippen LogP contribution in [0.3, 0.4) is 0 Å². The van der Waals surface area contributed by atoms with Crippen LogP contribution in [-0.4, -0.2) is 44.8 Å². The van der Waals surface area contributed by atoms with Gasteiger partial charge in [-0.3, -0.25) is 0 Å². The minimum Gasteiger partial charge on any atom is -0.496 e. The molecular weight excluding hydrogens is 264 g/mol. The number of hydrogen-bond acceptors (Lipinski definition) is 4. The first kappa shape index (κ1) is 14.7. The van der Waals surface area contributed by atoms with Crippen LogP contribution in [0.25, 0.3) is 0 Å². The Morgan fingerprint density at radius 3 is 3.00 bits per heavy atom. The van der Waals surface area contributed by atoms with Gasteiger partial charge in [-0.1, -0.05) is 12.5 Å². The van der Waals surface area contributed by atoms with Crippen molar-refractivity contribution in [3.63, 3.8) is 0 Å². The van der Waals surface area contributed by atoms with Gasteiger partial charge in [0, 0.05) is 30.5 Å². The van der Waals surface area contributed by atoms with E-state index in [1.807, 2.05) is 6.07 Å². The number of benzene rings is 1. The number of nitrogens with two attached hydrogens (primary N) is 1. The fourth-order valence-electron chi connectivity index (χ4n) is 3.69. The second kappa shape index (κ2) is 6.67. The predicted octanol–water partition coefficient (Wildman–Crippen LogP) is 2.23. The molecule has 2 atom stereocenters. The molecule has 4 nitrogen and oxygen atoms in total. The number of hydrogen-bond donors (Lipinski definition) is 1. The van der Waals surface area contributed by atoms with Crippen LogP contribution in [0.1, 0.15) is 30.7 Å². The van der Waals surface area contributed by atoms with E-state index < -0.39 is 0 Å². The summed E-state index contributed by atoms with van der Waals surface area (Å²) in [7, 11) is 1.75. The molecule has 1 aromatic rings. The molecule has 0 spiro atoms. The second-order valence-electron chi connectivity index (χ2n) is 6.16. The van der Waals surface area contributed by atoms with Gasteiger partial charge in [-0.2, -0.15) is 0 Å². The second-order valence-corrected chi connectivity index (χ2v) is 6.16. The number of ether oxygens (including phenoxy) is 2. The van der Waals surface area contributed by atoms with Crippen molar-refractivity contribution in [1.82, 2.24) is 4.90 Å². The van der Waals surface area contributed by atoms with Gasteiger partial charge in [0.05, 0.1) is 13.7 Å². The Hall–Kier alpha value is -1.26. The first-order valence-corrected chi connectivity index (χ1v) is 8.05. The maximum atomic E-state index is 5.95. The fraction of sp³-hybridized carbons (Fsp3) is 0.647. The highest BCUT2D eigenvalue weighted by atomic mass is 16.5. The summed E-state index contributed by atoms with van der Waals surface area (Å²) in [6.07, 6.45) is 3.62. The molecule has 0 aromatic heterocycles. The van der Waals surface area contributed by atoms with Gasteiger partial charge in [0.1, 0.15) is 11.5 Å². The van der Waals surface area contributed by atoms with E-state index in [1.165, 1.54) is 24.9 Å². The maximum absolute atomic E-state index is 5.95. The normalized spacial score (nSPS) is 24.3. The molecule has 0 radical (unpaired) electrons. The Morgan fingerprint density at radius 2 is 2.19 bits per heavy atom. The van der Waals surface area contributed by atoms with Gasteiger partial charge in [-0.25, -0.2) is 0 Å². The van der Waals surface area contributed by atoms with Crippen LogP contribution >= 0.6 is 0 Å². The van der Waals surface area contributed by atoms with Gasteiger partial charge in [-0.15, -0.1) is 0 Å². The van der Waals surface area contributed by atoms with E-state index in [1.54, 1.807) is 7.11 Å². The maximum Gasteiger partial charge on any atom is 0.126 e. The lowest BCUT2D eigenvalue weighted by atomic mass is 9.86. The van der Waals surface area contributed by atoms with Crippen LogP contribution in [0, 0.1) is 5.92 Å². The molecule has 4 heteroatoms. The molecule has 2 aliphatic heterocycles. The first-order valence-electron chi connectivity index (χ1n) is 8.05. The van der Waals surface area contributed by atoms with E-state index in [-0.39, 0.29) is 0 Å². The van der Waals surface area contributed by atoms with E-state index in [0.29, 0.717) is 11.8 Å². The highest BCUT2D eigenvalue weighted by molar-refractivity contribution is 5.49. The van der Waals surface area contributed by atoms with Crippen LogP contribution in [0.15, 0.2) is 18.2 Å². The highest BCUT2D eigenvalue weighted by Gasteiger charge is 2.40. The van der Waals surface area contributed by atoms with E-state index in [2.05, 4.69) is 17.0 Å². The summed E-state index contributed by atoms with van der Waals surface area (Å²) in [5, 5.41) is 0. The zero-order chi connectivity index (χ0) is 14.7. The average molecular weight is 290 g/mol. The van der Waals surface area contributed by atoms with Crippen LogP contribution in [0.2, 0.25) is 0 Å². The molecular formula is C17H26N2O2. The summed E-state index contributed by atoms with van der Waals surface area (Å²) in [4.78, 5) is 2.58. The van der Waals surface area contributed by atoms with Crippen molar-refractivity contribution in [2.75, 3.05) is 39.9 Å². The van der Waals surface area contributed by atoms with Crippen LogP contribution in [0.4, 0.5) is 0 Å². The lowest BCUT2D eigenvalue weighted by Gasteiger charge is -2.29. The number of fused-ring (bicyclic) bond motifs is 3. The molecule has 116 valence electrons. The standard InChI is InChI=1S/C17H26N2O2/c1-20-15-6-5-7-16-17(15)14-11-19(9-4-2-3-8-18)10-13(14)12-21-16/h5-7,13-14H,2-4,8-12,18H2,1H3/t13-,14-/m1/s1. The van der Waals surface area contributed by atoms with Crippen molar-refractivity contribution in [1.29, 1.82) is 0 Å². The third-order valence-corrected chi connectivity index (χ3v) is 4.76. The Bertz CT molecular complexity index is 464. The van der Waals surface area contributed by atoms with E-state index in [4.69, 9.17) is 15.2 Å². The van der Waals surface area contributed by atoms with Gasteiger partial charge < -0.3 is 20.1 Å². The van der Waals surface area contributed by atoms with Crippen LogP contribution in [0.5, 0.6) is 11.5 Å². The fourth-order valence-corrected chi connectivity index (χ4v) is 3.69. The summed E-state index contributed by atoms with van der Waals surface area (Å²) < 4.78 is 11.5. The molecule has 0 unspecified atom stereocenters. The smallest absolute Gasteiger partial charge is 0.126 e. The van der Waals surface area contributed by atoms with Crippen molar-refractivity contribution >= 4 is 0 Å². The molecule has 0 bridgehead atoms. The molecule has 3 rings (SSSR count). The molecule has 0 amide bonds. The summed E-state index contributed by atoms with van der Waals surface area (Å²) in [5.74, 6) is 3.15. The Labute approximate surface area is 127 Å². The third-order valence-electron chi connectivity index (χ3n) is 4.76. The number of unbranched alkanes of at least 4 members (excludes halogenated alkanes) is 2. The lowest BCUT2D eigenvalue weighted by Crippen LogP contribution is -2.25. The topological polar surface area (TPSA) is 47.7 Å². The van der Waals surface area contributed by atoms with E-state index in [0.717, 1.165) is 44.2 Å². The molecule has 2 aliphatic rings. The average Bonchev–Trinajstić information content (AvgIpc) is 2.94. The number of rotatable bonds is 6. The van der Waals surface area contributed by atoms with Crippen molar-refractivity contribution in [2.24, 2.45) is 11.7 Å². The first-order chi connectivity index (χ1) is 10.3. The summed E-state index contributed by atoms with van der Waals surface area (Å²) >= 11 is 0. The minimum atomic E-state index is 0.555. The molecule has 0 saturated carbocycles. The van der Waals surface area contributed by atoms with Crippen molar-refractivity contribution in [3.8, 4) is 11.5 Å². The number of nitrogens with zero attached hydrogens (tertiary/aromatic N) is 1. The van der Waals surface area contributed by atoms with Crippen molar-refractivity contribution in [2.45, 2.75) is 25.2 Å². The molecule has 21 heavy (non-hydrogen) atoms. The third kappa shape index (κ3) is 3.01. The quantitative estimate of drug-likeness (QED) is 0.816. The van der Waals surface area contributed by atoms with E-state index in [9.17, 15) is 0 Å². The summed E-state index contributed by atoms with van der Waals surface area (Å²) in [6, 6.07) is 6.13. The molecule has 1 fully saturated rings. The van der Waals surface area contributed by atoms with Crippen molar-refractivity contribution < 1.29 is 9.47 Å². The molecule has 2 N–H and O–H groups in total. The highest BCUT2D eigenvalue weighted by Crippen LogP contribution is 2.45. The predicted molar refractivity (Wildman–Crippen MR) is 84.1 cm³/mol. The summed E-state index contributed by atoms with van der Waals surface area (Å²) in [6.45, 7) is 5.10. The van der Waals surface area contributed by atoms with Gasteiger partial charge in [0.25, 0.3) is 0 Å². The lowest BCUT2D eigenvalue weighted by molar-refractivity contribution is 0.209. The van der Waals surface area contributed by atoms with Gasteiger partial charge >= 0.3 is 0 Å². The Morgan fingerprint density at radius 1 is 1.29 bits per heavy atom. The zero-order valence-corrected chi connectivity index (χ0v) is 12.9. The monoisotopic (exact) mass is 290 g/mol. The molecule has 1 saturated heterocycles. The van der Waals surface area contributed by atoms with Crippen molar-refractivity contribution in [3.05, 3.63) is 23.8 Å². The minimum absolute atomic E-state index is 0.555. The molecule has 0 aliphatic carbocycles. The number of methoxy groups -OCH3 is 1. The SMILES string of the molecule is COc1cccc2c1[C@@H]1CN(CCCCCN)C[C@@H]1CO2. The van der Waals surface area contributed by atoms with Gasteiger partial charge in [0.15, 0.2) is 0 Å². The molecule has 2 heterocycles. The zero-order valence-electron chi connectivity index (χ0n) is 12.9. The number of likely N-dealkylation sites (tertiary alicyclic amines) is 1. The Kier molecular flexibility index (Phi) is 4.66. The Balaban J connectivity index is 1.68. The van der Waals surface area contributed by atoms with Crippen LogP contribution < -0.4 is 15.2 Å². The van der Waals surface area contributed by atoms with E-state index >= 15 is 0 Å². The largest absolute Gasteiger partial charge is 0.496 e. The molecule has 1 aromatic carbocycles. The van der Waals surface area contributed by atoms with Gasteiger partial charge in [0.2, 0.25) is 0 Å². The van der Waals surface area contributed by atoms with Gasteiger partial charge in [-0.05, 0) is 38.1 Å². The van der Waals surface area contributed by atoms with Crippen LogP contribution in [-0.2, 0) is 0 Å².